The Kier molecular flexibility index (Phi) is 5.66. The predicted molar refractivity (Wildman–Crippen MR) is 118 cm³/mol. The van der Waals surface area contributed by atoms with Gasteiger partial charge in [0.05, 0.1) is 24.8 Å². The lowest BCUT2D eigenvalue weighted by atomic mass is 10.2. The van der Waals surface area contributed by atoms with E-state index >= 15 is 0 Å². The van der Waals surface area contributed by atoms with E-state index in [9.17, 15) is 8.42 Å². The van der Waals surface area contributed by atoms with Gasteiger partial charge >= 0.3 is 0 Å². The van der Waals surface area contributed by atoms with Crippen molar-refractivity contribution in [2.24, 2.45) is 0 Å². The van der Waals surface area contributed by atoms with Crippen LogP contribution in [0, 0.1) is 6.92 Å². The van der Waals surface area contributed by atoms with Crippen molar-refractivity contribution in [3.05, 3.63) is 59.5 Å². The molecule has 31 heavy (non-hydrogen) atoms. The maximum atomic E-state index is 13.0. The molecular weight excluding hydrogens is 438 g/mol. The number of hydrogen-bond acceptors (Lipinski definition) is 8. The van der Waals surface area contributed by atoms with Crippen LogP contribution in [0.25, 0.3) is 22.2 Å². The number of rotatable bonds is 7. The smallest absolute Gasteiger partial charge is 0.268 e. The van der Waals surface area contributed by atoms with Crippen molar-refractivity contribution in [3.63, 3.8) is 0 Å². The van der Waals surface area contributed by atoms with Crippen molar-refractivity contribution >= 4 is 27.0 Å². The molecule has 0 radical (unpaired) electrons. The highest BCUT2D eigenvalue weighted by Crippen LogP contribution is 2.35. The van der Waals surface area contributed by atoms with Crippen LogP contribution < -0.4 is 14.2 Å². The summed E-state index contributed by atoms with van der Waals surface area (Å²) in [6.45, 7) is 1.73. The average molecular weight is 458 g/mol. The number of nitrogens with zero attached hydrogens (tertiary/aromatic N) is 2. The lowest BCUT2D eigenvalue weighted by Crippen LogP contribution is -2.13. The molecule has 0 saturated carbocycles. The number of aromatic nitrogens is 2. The number of sulfonamides is 1. The quantitative estimate of drug-likeness (QED) is 0.433. The monoisotopic (exact) mass is 457 g/mol. The largest absolute Gasteiger partial charge is 0.493 e. The van der Waals surface area contributed by atoms with Crippen LogP contribution in [0.3, 0.4) is 0 Å². The third kappa shape index (κ3) is 4.25. The van der Waals surface area contributed by atoms with E-state index in [1.54, 1.807) is 25.1 Å². The Hall–Kier alpha value is -3.37. The number of hydrogen-bond donors (Lipinski definition) is 1. The minimum Gasteiger partial charge on any atom is -0.493 e. The number of anilines is 1. The van der Waals surface area contributed by atoms with Crippen LogP contribution >= 0.6 is 11.3 Å². The number of methoxy groups -OCH3 is 2. The topological polar surface area (TPSA) is 104 Å². The molecule has 0 unspecified atom stereocenters. The lowest BCUT2D eigenvalue weighted by molar-refractivity contribution is 0.355. The zero-order valence-electron chi connectivity index (χ0n) is 16.9. The molecule has 2 aromatic heterocycles. The van der Waals surface area contributed by atoms with E-state index in [1.165, 1.54) is 31.6 Å². The van der Waals surface area contributed by atoms with Gasteiger partial charge < -0.3 is 14.0 Å². The average Bonchev–Trinajstić information content (AvgIpc) is 3.41. The maximum absolute atomic E-state index is 13.0. The second-order valence-electron chi connectivity index (χ2n) is 6.50. The van der Waals surface area contributed by atoms with Gasteiger partial charge in [-0.05, 0) is 25.1 Å². The van der Waals surface area contributed by atoms with E-state index < -0.39 is 10.0 Å². The Labute approximate surface area is 183 Å². The SMILES string of the molecule is COc1ccc(NS(=O)(=O)c2cc(-c3nc(-c4ccccc4)no3)sc2C)cc1OC. The van der Waals surface area contributed by atoms with E-state index in [0.29, 0.717) is 32.8 Å². The highest BCUT2D eigenvalue weighted by Gasteiger charge is 2.23. The summed E-state index contributed by atoms with van der Waals surface area (Å²) in [6, 6.07) is 15.7. The fourth-order valence-corrected chi connectivity index (χ4v) is 5.54. The first-order valence-electron chi connectivity index (χ1n) is 9.16. The highest BCUT2D eigenvalue weighted by molar-refractivity contribution is 7.93. The molecule has 4 aromatic rings. The minimum absolute atomic E-state index is 0.141. The van der Waals surface area contributed by atoms with Gasteiger partial charge in [0.25, 0.3) is 15.9 Å². The summed E-state index contributed by atoms with van der Waals surface area (Å²) in [6.07, 6.45) is 0. The van der Waals surface area contributed by atoms with Gasteiger partial charge in [-0.25, -0.2) is 8.42 Å². The van der Waals surface area contributed by atoms with Crippen LogP contribution in [0.1, 0.15) is 4.88 Å². The number of aryl methyl sites for hydroxylation is 1. The molecule has 1 N–H and O–H groups in total. The van der Waals surface area contributed by atoms with Crippen LogP contribution in [0.5, 0.6) is 11.5 Å². The summed E-state index contributed by atoms with van der Waals surface area (Å²) in [5.74, 6) is 1.63. The fraction of sp³-hybridized carbons (Fsp3) is 0.143. The third-order valence-corrected chi connectivity index (χ3v) is 7.14. The van der Waals surface area contributed by atoms with Gasteiger partial charge in [0, 0.05) is 16.5 Å². The molecule has 2 aromatic carbocycles. The first kappa shape index (κ1) is 20.9. The van der Waals surface area contributed by atoms with E-state index in [-0.39, 0.29) is 10.8 Å². The molecule has 0 aliphatic rings. The molecule has 0 fully saturated rings. The zero-order valence-corrected chi connectivity index (χ0v) is 18.6. The normalized spacial score (nSPS) is 11.3. The summed E-state index contributed by atoms with van der Waals surface area (Å²) >= 11 is 1.27. The van der Waals surface area contributed by atoms with Gasteiger partial charge in [-0.2, -0.15) is 4.98 Å². The molecule has 0 saturated heterocycles. The number of benzene rings is 2. The molecule has 160 valence electrons. The molecule has 4 rings (SSSR count). The maximum Gasteiger partial charge on any atom is 0.268 e. The number of nitrogens with one attached hydrogen (secondary N) is 1. The summed E-state index contributed by atoms with van der Waals surface area (Å²) < 4.78 is 44.4. The van der Waals surface area contributed by atoms with Gasteiger partial charge in [-0.1, -0.05) is 35.5 Å². The van der Waals surface area contributed by atoms with Gasteiger partial charge in [-0.15, -0.1) is 11.3 Å². The van der Waals surface area contributed by atoms with Crippen molar-refractivity contribution in [3.8, 4) is 33.7 Å². The van der Waals surface area contributed by atoms with Crippen LogP contribution in [0.15, 0.2) is 64.0 Å². The van der Waals surface area contributed by atoms with E-state index in [1.807, 2.05) is 30.3 Å². The Morgan fingerprint density at radius 2 is 1.74 bits per heavy atom. The molecule has 0 spiro atoms. The molecule has 0 atom stereocenters. The summed E-state index contributed by atoms with van der Waals surface area (Å²) in [5, 5.41) is 4.00. The fourth-order valence-electron chi connectivity index (χ4n) is 2.98. The molecule has 0 bridgehead atoms. The molecule has 0 aliphatic heterocycles. The van der Waals surface area contributed by atoms with Crippen molar-refractivity contribution in [2.45, 2.75) is 11.8 Å². The Balaban J connectivity index is 1.62. The molecular formula is C21H19N3O5S2. The second-order valence-corrected chi connectivity index (χ2v) is 9.40. The van der Waals surface area contributed by atoms with Crippen molar-refractivity contribution in [2.75, 3.05) is 18.9 Å². The third-order valence-electron chi connectivity index (χ3n) is 4.47. The summed E-state index contributed by atoms with van der Waals surface area (Å²) in [5.41, 5.74) is 1.17. The van der Waals surface area contributed by atoms with Crippen molar-refractivity contribution < 1.29 is 22.4 Å². The van der Waals surface area contributed by atoms with Gasteiger partial charge in [0.1, 0.15) is 4.90 Å². The molecule has 10 heteroatoms. The van der Waals surface area contributed by atoms with Crippen LogP contribution in [-0.4, -0.2) is 32.8 Å². The summed E-state index contributed by atoms with van der Waals surface area (Å²) in [7, 11) is -0.849. The van der Waals surface area contributed by atoms with Gasteiger partial charge in [-0.3, -0.25) is 4.72 Å². The van der Waals surface area contributed by atoms with Crippen molar-refractivity contribution in [1.29, 1.82) is 0 Å². The van der Waals surface area contributed by atoms with Crippen molar-refractivity contribution in [1.82, 2.24) is 10.1 Å². The molecule has 2 heterocycles. The first-order valence-corrected chi connectivity index (χ1v) is 11.5. The van der Waals surface area contributed by atoms with Gasteiger partial charge in [0.2, 0.25) is 5.82 Å². The lowest BCUT2D eigenvalue weighted by Gasteiger charge is -2.11. The minimum atomic E-state index is -3.85. The highest BCUT2D eigenvalue weighted by atomic mass is 32.2. The standard InChI is InChI=1S/C21H19N3O5S2/c1-13-19(31(25,26)24-15-9-10-16(27-2)17(11-15)28-3)12-18(30-13)21-22-20(23-29-21)14-7-5-4-6-8-14/h4-12,24H,1-3H3. The number of thiophene rings is 1. The van der Waals surface area contributed by atoms with Gasteiger partial charge in [0.15, 0.2) is 11.5 Å². The van der Waals surface area contributed by atoms with Crippen LogP contribution in [0.2, 0.25) is 0 Å². The second kappa shape index (κ2) is 8.40. The first-order chi connectivity index (χ1) is 14.9. The van der Waals surface area contributed by atoms with Crippen LogP contribution in [0.4, 0.5) is 5.69 Å². The van der Waals surface area contributed by atoms with E-state index in [0.717, 1.165) is 5.56 Å². The predicted octanol–water partition coefficient (Wildman–Crippen LogP) is 4.59. The molecule has 0 aliphatic carbocycles. The summed E-state index contributed by atoms with van der Waals surface area (Å²) in [4.78, 5) is 5.71. The Bertz CT molecular complexity index is 1310. The van der Waals surface area contributed by atoms with E-state index in [4.69, 9.17) is 14.0 Å². The zero-order chi connectivity index (χ0) is 22.0. The molecule has 8 nitrogen and oxygen atoms in total. The Morgan fingerprint density at radius 1 is 1.00 bits per heavy atom. The molecule has 0 amide bonds. The Morgan fingerprint density at radius 3 is 2.45 bits per heavy atom. The van der Waals surface area contributed by atoms with E-state index in [2.05, 4.69) is 14.9 Å². The number of ether oxygens (including phenoxy) is 2. The van der Waals surface area contributed by atoms with Crippen LogP contribution in [-0.2, 0) is 10.0 Å².